The topological polar surface area (TPSA) is 55.8 Å². The van der Waals surface area contributed by atoms with E-state index in [-0.39, 0.29) is 29.0 Å². The second-order valence-electron chi connectivity index (χ2n) is 13.0. The molecular weight excluding hydrogens is 388 g/mol. The van der Waals surface area contributed by atoms with Crippen molar-refractivity contribution in [2.75, 3.05) is 6.61 Å². The maximum atomic E-state index is 14.0. The van der Waals surface area contributed by atoms with Crippen molar-refractivity contribution < 1.29 is 19.4 Å². The van der Waals surface area contributed by atoms with Gasteiger partial charge in [-0.25, -0.2) is 0 Å². The number of hydrogen-bond donors (Lipinski definition) is 1. The molecule has 6 rings (SSSR count). The van der Waals surface area contributed by atoms with E-state index in [2.05, 4.69) is 27.7 Å². The number of aliphatic hydroxyl groups is 1. The van der Waals surface area contributed by atoms with Crippen LogP contribution < -0.4 is 0 Å². The molecular formula is C27H42O4. The number of fused-ring (bicyclic) bond motifs is 7. The van der Waals surface area contributed by atoms with E-state index < -0.39 is 5.79 Å². The van der Waals surface area contributed by atoms with E-state index in [1.54, 1.807) is 0 Å². The molecule has 4 saturated carbocycles. The lowest BCUT2D eigenvalue weighted by Crippen LogP contribution is -2.58. The zero-order valence-corrected chi connectivity index (χ0v) is 19.9. The van der Waals surface area contributed by atoms with Crippen molar-refractivity contribution in [1.82, 2.24) is 0 Å². The molecule has 31 heavy (non-hydrogen) atoms. The van der Waals surface area contributed by atoms with Crippen LogP contribution in [0.4, 0.5) is 0 Å². The molecule has 0 bridgehead atoms. The lowest BCUT2D eigenvalue weighted by atomic mass is 9.44. The van der Waals surface area contributed by atoms with Crippen LogP contribution in [0.3, 0.4) is 0 Å². The van der Waals surface area contributed by atoms with Crippen LogP contribution in [0.15, 0.2) is 0 Å². The summed E-state index contributed by atoms with van der Waals surface area (Å²) in [7, 11) is 0. The van der Waals surface area contributed by atoms with Crippen molar-refractivity contribution in [3.05, 3.63) is 0 Å². The zero-order chi connectivity index (χ0) is 21.8. The summed E-state index contributed by atoms with van der Waals surface area (Å²) in [6.45, 7) is 10.1. The average Bonchev–Trinajstić information content (AvgIpc) is 3.18. The van der Waals surface area contributed by atoms with Crippen LogP contribution in [-0.4, -0.2) is 35.5 Å². The number of Topliss-reactive ketones (excluding diaryl/α,β-unsaturated/α-hetero) is 1. The van der Waals surface area contributed by atoms with Crippen LogP contribution in [0, 0.1) is 52.3 Å². The van der Waals surface area contributed by atoms with Crippen LogP contribution in [0.2, 0.25) is 0 Å². The number of carbonyl (C=O) groups excluding carboxylic acids is 1. The summed E-state index contributed by atoms with van der Waals surface area (Å²) in [6.07, 6.45) is 9.39. The van der Waals surface area contributed by atoms with E-state index in [0.29, 0.717) is 41.3 Å². The molecule has 2 saturated heterocycles. The Kier molecular flexibility index (Phi) is 4.62. The maximum Gasteiger partial charge on any atom is 0.171 e. The molecule has 6 fully saturated rings. The van der Waals surface area contributed by atoms with Gasteiger partial charge >= 0.3 is 0 Å². The molecule has 0 aromatic rings. The zero-order valence-electron chi connectivity index (χ0n) is 19.9. The summed E-state index contributed by atoms with van der Waals surface area (Å²) < 4.78 is 13.2. The minimum atomic E-state index is -0.448. The molecule has 2 unspecified atom stereocenters. The lowest BCUT2D eigenvalue weighted by Gasteiger charge is -2.60. The summed E-state index contributed by atoms with van der Waals surface area (Å²) in [4.78, 5) is 14.0. The van der Waals surface area contributed by atoms with Gasteiger partial charge in [0.25, 0.3) is 0 Å². The van der Waals surface area contributed by atoms with Crippen LogP contribution >= 0.6 is 0 Å². The predicted octanol–water partition coefficient (Wildman–Crippen LogP) is 4.97. The van der Waals surface area contributed by atoms with Gasteiger partial charge < -0.3 is 14.6 Å². The Morgan fingerprint density at radius 3 is 2.55 bits per heavy atom. The summed E-state index contributed by atoms with van der Waals surface area (Å²) >= 11 is 0. The smallest absolute Gasteiger partial charge is 0.171 e. The Balaban J connectivity index is 1.30. The normalized spacial score (nSPS) is 60.9. The highest BCUT2D eigenvalue weighted by atomic mass is 16.7. The van der Waals surface area contributed by atoms with Gasteiger partial charge in [0.1, 0.15) is 5.78 Å². The third-order valence-corrected chi connectivity index (χ3v) is 11.8. The number of aliphatic hydroxyl groups excluding tert-OH is 1. The molecule has 0 amide bonds. The molecule has 1 N–H and O–H groups in total. The first kappa shape index (κ1) is 21.1. The van der Waals surface area contributed by atoms with E-state index >= 15 is 0 Å². The highest BCUT2D eigenvalue weighted by Crippen LogP contribution is 2.70. The van der Waals surface area contributed by atoms with Crippen molar-refractivity contribution >= 4 is 5.78 Å². The summed E-state index contributed by atoms with van der Waals surface area (Å²) in [5.74, 6) is 3.45. The Morgan fingerprint density at radius 1 is 1.00 bits per heavy atom. The van der Waals surface area contributed by atoms with Gasteiger partial charge in [0.05, 0.1) is 18.8 Å². The van der Waals surface area contributed by atoms with E-state index in [1.807, 2.05) is 0 Å². The van der Waals surface area contributed by atoms with Gasteiger partial charge in [-0.15, -0.1) is 0 Å². The Bertz CT molecular complexity index is 756. The molecule has 0 aromatic carbocycles. The molecule has 0 radical (unpaired) electrons. The van der Waals surface area contributed by atoms with Gasteiger partial charge in [-0.2, -0.15) is 0 Å². The Hall–Kier alpha value is -0.450. The summed E-state index contributed by atoms with van der Waals surface area (Å²) in [5.41, 5.74) is -0.0221. The van der Waals surface area contributed by atoms with Gasteiger partial charge in [0.15, 0.2) is 5.79 Å². The molecule has 4 heteroatoms. The minimum Gasteiger partial charge on any atom is -0.393 e. The average molecular weight is 431 g/mol. The van der Waals surface area contributed by atoms with Gasteiger partial charge in [0, 0.05) is 30.1 Å². The quantitative estimate of drug-likeness (QED) is 0.589. The van der Waals surface area contributed by atoms with Crippen LogP contribution in [0.1, 0.15) is 85.5 Å². The van der Waals surface area contributed by atoms with Crippen LogP contribution in [0.5, 0.6) is 0 Å². The SMILES string of the molecule is C[C@@H]1CC[C@]2(OC1)OC1C[C@H]3[C@@H]4CCC5C[C@@H](O)CC[C@]5(C)[C@H]4CC(=O)[C@]3(C)[C@H]1[C@@H]2C. The lowest BCUT2D eigenvalue weighted by molar-refractivity contribution is -0.272. The van der Waals surface area contributed by atoms with E-state index in [1.165, 1.54) is 12.8 Å². The molecule has 174 valence electrons. The van der Waals surface area contributed by atoms with Crippen LogP contribution in [-0.2, 0) is 14.3 Å². The van der Waals surface area contributed by atoms with Crippen molar-refractivity contribution in [2.24, 2.45) is 52.3 Å². The second kappa shape index (κ2) is 6.79. The number of carbonyl (C=O) groups is 1. The summed E-state index contributed by atoms with van der Waals surface area (Å²) in [6, 6.07) is 0. The minimum absolute atomic E-state index is 0.131. The molecule has 2 aliphatic heterocycles. The molecule has 4 aliphatic carbocycles. The first-order valence-corrected chi connectivity index (χ1v) is 13.2. The van der Waals surface area contributed by atoms with Crippen molar-refractivity contribution in [1.29, 1.82) is 0 Å². The Morgan fingerprint density at radius 2 is 1.81 bits per heavy atom. The molecule has 4 nitrogen and oxygen atoms in total. The van der Waals surface area contributed by atoms with Crippen LogP contribution in [0.25, 0.3) is 0 Å². The van der Waals surface area contributed by atoms with Gasteiger partial charge in [-0.1, -0.05) is 27.7 Å². The fraction of sp³-hybridized carbons (Fsp3) is 0.963. The predicted molar refractivity (Wildman–Crippen MR) is 118 cm³/mol. The molecule has 6 aliphatic rings. The van der Waals surface area contributed by atoms with Gasteiger partial charge in [-0.05, 0) is 80.0 Å². The summed E-state index contributed by atoms with van der Waals surface area (Å²) in [5, 5.41) is 10.3. The Labute approximate surface area is 187 Å². The second-order valence-corrected chi connectivity index (χ2v) is 13.0. The highest BCUT2D eigenvalue weighted by Gasteiger charge is 2.71. The monoisotopic (exact) mass is 430 g/mol. The van der Waals surface area contributed by atoms with Gasteiger partial charge in [0.2, 0.25) is 0 Å². The maximum absolute atomic E-state index is 14.0. The van der Waals surface area contributed by atoms with E-state index in [4.69, 9.17) is 9.47 Å². The molecule has 12 atom stereocenters. The third kappa shape index (κ3) is 2.68. The standard InChI is InChI=1S/C27H42O4/c1-15-7-10-27(30-14-15)16(2)24-22(31-27)12-21-19-6-5-17-11-18(28)8-9-25(17,3)20(19)13-23(29)26(21,24)4/h15-22,24,28H,5-14H2,1-4H3/t15-,16+,17?,18+,19-,20+,21+,22?,24+,25+,26-,27+/m1/s1. The number of rotatable bonds is 0. The first-order valence-electron chi connectivity index (χ1n) is 13.2. The third-order valence-electron chi connectivity index (χ3n) is 11.8. The molecule has 2 heterocycles. The first-order chi connectivity index (χ1) is 14.7. The fourth-order valence-corrected chi connectivity index (χ4v) is 9.93. The number of ether oxygens (including phenoxy) is 2. The highest BCUT2D eigenvalue weighted by molar-refractivity contribution is 5.87. The van der Waals surface area contributed by atoms with E-state index in [9.17, 15) is 9.90 Å². The van der Waals surface area contributed by atoms with E-state index in [0.717, 1.165) is 51.6 Å². The van der Waals surface area contributed by atoms with Crippen molar-refractivity contribution in [2.45, 2.75) is 103 Å². The van der Waals surface area contributed by atoms with Crippen molar-refractivity contribution in [3.63, 3.8) is 0 Å². The van der Waals surface area contributed by atoms with Crippen molar-refractivity contribution in [3.8, 4) is 0 Å². The fourth-order valence-electron chi connectivity index (χ4n) is 9.93. The number of hydrogen-bond acceptors (Lipinski definition) is 4. The molecule has 0 aromatic heterocycles. The largest absolute Gasteiger partial charge is 0.393 e. The van der Waals surface area contributed by atoms with Gasteiger partial charge in [-0.3, -0.25) is 4.79 Å². The number of ketones is 1. The molecule has 1 spiro atoms.